The molecule has 2 atom stereocenters. The highest BCUT2D eigenvalue weighted by molar-refractivity contribution is 5.74. The Morgan fingerprint density at radius 3 is 2.89 bits per heavy atom. The summed E-state index contributed by atoms with van der Waals surface area (Å²) in [6.45, 7) is 0.206. The lowest BCUT2D eigenvalue weighted by atomic mass is 10.3. The molecule has 2 unspecified atom stereocenters. The molecule has 0 radical (unpaired) electrons. The summed E-state index contributed by atoms with van der Waals surface area (Å²) in [5.41, 5.74) is 0. The third-order valence-corrected chi connectivity index (χ3v) is 3.02. The van der Waals surface area contributed by atoms with E-state index in [1.54, 1.807) is 0 Å². The van der Waals surface area contributed by atoms with Gasteiger partial charge in [0.1, 0.15) is 5.75 Å². The van der Waals surface area contributed by atoms with Gasteiger partial charge >= 0.3 is 5.97 Å². The van der Waals surface area contributed by atoms with Crippen LogP contribution in [0.5, 0.6) is 5.75 Å². The summed E-state index contributed by atoms with van der Waals surface area (Å²) in [4.78, 5) is 14.9. The van der Waals surface area contributed by atoms with Crippen molar-refractivity contribution >= 4 is 5.97 Å². The van der Waals surface area contributed by atoms with E-state index in [2.05, 4.69) is 10.1 Å². The minimum Gasteiger partial charge on any atom is -0.485 e. The lowest BCUT2D eigenvalue weighted by molar-refractivity contribution is -0.138. The lowest BCUT2D eigenvalue weighted by Gasteiger charge is -2.01. The van der Waals surface area contributed by atoms with Crippen LogP contribution in [0.4, 0.5) is 0 Å². The van der Waals surface area contributed by atoms with Crippen LogP contribution in [0.3, 0.4) is 0 Å². The standard InChI is InChI=1S/C13H12N2O4/c16-13(17)10-6-9(10)12-14-11(15-19-12)7-18-8-4-2-1-3-5-8/h1-5,9-10H,6-7H2,(H,16,17). The number of aliphatic carboxylic acids is 1. The van der Waals surface area contributed by atoms with Gasteiger partial charge in [0.25, 0.3) is 0 Å². The zero-order chi connectivity index (χ0) is 13.2. The van der Waals surface area contributed by atoms with E-state index in [0.29, 0.717) is 18.1 Å². The van der Waals surface area contributed by atoms with Crippen molar-refractivity contribution in [2.45, 2.75) is 18.9 Å². The molecule has 0 bridgehead atoms. The maximum atomic E-state index is 10.7. The Balaban J connectivity index is 1.59. The summed E-state index contributed by atoms with van der Waals surface area (Å²) in [5, 5.41) is 12.6. The van der Waals surface area contributed by atoms with Crippen molar-refractivity contribution in [2.24, 2.45) is 5.92 Å². The molecule has 98 valence electrons. The normalized spacial score (nSPS) is 21.1. The molecule has 3 rings (SSSR count). The van der Waals surface area contributed by atoms with E-state index >= 15 is 0 Å². The average Bonchev–Trinajstić information content (AvgIpc) is 3.10. The summed E-state index contributed by atoms with van der Waals surface area (Å²) >= 11 is 0. The van der Waals surface area contributed by atoms with Gasteiger partial charge in [0.15, 0.2) is 6.61 Å². The molecule has 1 heterocycles. The fourth-order valence-corrected chi connectivity index (χ4v) is 1.88. The Hall–Kier alpha value is -2.37. The van der Waals surface area contributed by atoms with Gasteiger partial charge in [0.05, 0.1) is 11.8 Å². The molecular formula is C13H12N2O4. The van der Waals surface area contributed by atoms with Crippen molar-refractivity contribution in [1.29, 1.82) is 0 Å². The van der Waals surface area contributed by atoms with Crippen LogP contribution in [0.2, 0.25) is 0 Å². The van der Waals surface area contributed by atoms with Gasteiger partial charge in [-0.3, -0.25) is 4.79 Å². The molecule has 6 nitrogen and oxygen atoms in total. The number of carboxylic acids is 1. The van der Waals surface area contributed by atoms with Crippen LogP contribution in [-0.2, 0) is 11.4 Å². The van der Waals surface area contributed by atoms with Gasteiger partial charge in [0, 0.05) is 0 Å². The first-order valence-corrected chi connectivity index (χ1v) is 5.97. The molecule has 0 saturated heterocycles. The molecule has 1 aliphatic rings. The van der Waals surface area contributed by atoms with Gasteiger partial charge in [0.2, 0.25) is 11.7 Å². The van der Waals surface area contributed by atoms with Gasteiger partial charge in [-0.2, -0.15) is 4.98 Å². The van der Waals surface area contributed by atoms with E-state index in [-0.39, 0.29) is 18.4 Å². The predicted molar refractivity (Wildman–Crippen MR) is 63.6 cm³/mol. The third kappa shape index (κ3) is 2.57. The van der Waals surface area contributed by atoms with Gasteiger partial charge in [-0.15, -0.1) is 0 Å². The Morgan fingerprint density at radius 1 is 1.42 bits per heavy atom. The van der Waals surface area contributed by atoms with Crippen molar-refractivity contribution in [3.8, 4) is 5.75 Å². The molecule has 1 aromatic heterocycles. The molecule has 6 heteroatoms. The lowest BCUT2D eigenvalue weighted by Crippen LogP contribution is -2.00. The van der Waals surface area contributed by atoms with Crippen LogP contribution in [0.15, 0.2) is 34.9 Å². The quantitative estimate of drug-likeness (QED) is 0.882. The van der Waals surface area contributed by atoms with Crippen molar-refractivity contribution in [1.82, 2.24) is 10.1 Å². The second-order valence-corrected chi connectivity index (χ2v) is 4.44. The maximum absolute atomic E-state index is 10.7. The second-order valence-electron chi connectivity index (χ2n) is 4.44. The highest BCUT2D eigenvalue weighted by Gasteiger charge is 2.48. The highest BCUT2D eigenvalue weighted by atomic mass is 16.5. The predicted octanol–water partition coefficient (Wildman–Crippen LogP) is 1.84. The van der Waals surface area contributed by atoms with E-state index in [9.17, 15) is 4.79 Å². The number of benzene rings is 1. The number of ether oxygens (including phenoxy) is 1. The zero-order valence-corrected chi connectivity index (χ0v) is 10.0. The summed E-state index contributed by atoms with van der Waals surface area (Å²) in [7, 11) is 0. The number of nitrogens with zero attached hydrogens (tertiary/aromatic N) is 2. The Bertz CT molecular complexity index is 581. The van der Waals surface area contributed by atoms with Gasteiger partial charge in [-0.1, -0.05) is 23.4 Å². The molecule has 1 N–H and O–H groups in total. The molecule has 1 saturated carbocycles. The van der Waals surface area contributed by atoms with Crippen LogP contribution in [0, 0.1) is 5.92 Å². The van der Waals surface area contributed by atoms with E-state index in [4.69, 9.17) is 14.4 Å². The van der Waals surface area contributed by atoms with Crippen molar-refractivity contribution < 1.29 is 19.2 Å². The topological polar surface area (TPSA) is 85.5 Å². The van der Waals surface area contributed by atoms with E-state index in [0.717, 1.165) is 5.75 Å². The number of carboxylic acid groups (broad SMARTS) is 1. The number of hydrogen-bond donors (Lipinski definition) is 1. The number of para-hydroxylation sites is 1. The van der Waals surface area contributed by atoms with Crippen molar-refractivity contribution in [3.05, 3.63) is 42.0 Å². The van der Waals surface area contributed by atoms with E-state index in [1.165, 1.54) is 0 Å². The van der Waals surface area contributed by atoms with E-state index < -0.39 is 5.97 Å². The number of aromatic nitrogens is 2. The number of hydrogen-bond acceptors (Lipinski definition) is 5. The van der Waals surface area contributed by atoms with Gasteiger partial charge in [-0.25, -0.2) is 0 Å². The Kier molecular flexibility index (Phi) is 2.91. The van der Waals surface area contributed by atoms with Gasteiger partial charge < -0.3 is 14.4 Å². The van der Waals surface area contributed by atoms with Gasteiger partial charge in [-0.05, 0) is 18.6 Å². The Labute approximate surface area is 109 Å². The number of rotatable bonds is 5. The van der Waals surface area contributed by atoms with Crippen LogP contribution in [-0.4, -0.2) is 21.2 Å². The van der Waals surface area contributed by atoms with E-state index in [1.807, 2.05) is 30.3 Å². The Morgan fingerprint density at radius 2 is 2.21 bits per heavy atom. The second kappa shape index (κ2) is 4.72. The third-order valence-electron chi connectivity index (χ3n) is 3.02. The van der Waals surface area contributed by atoms with Crippen molar-refractivity contribution in [3.63, 3.8) is 0 Å². The summed E-state index contributed by atoms with van der Waals surface area (Å²) in [5.74, 6) is 0.196. The summed E-state index contributed by atoms with van der Waals surface area (Å²) < 4.78 is 10.5. The highest BCUT2D eigenvalue weighted by Crippen LogP contribution is 2.46. The molecule has 0 aliphatic heterocycles. The molecule has 19 heavy (non-hydrogen) atoms. The minimum absolute atomic E-state index is 0.143. The molecule has 0 amide bonds. The molecule has 1 aromatic carbocycles. The SMILES string of the molecule is O=C(O)C1CC1c1nc(COc2ccccc2)no1. The smallest absolute Gasteiger partial charge is 0.307 e. The van der Waals surface area contributed by atoms with Crippen molar-refractivity contribution in [2.75, 3.05) is 0 Å². The monoisotopic (exact) mass is 260 g/mol. The van der Waals surface area contributed by atoms with Crippen LogP contribution in [0.1, 0.15) is 24.1 Å². The molecule has 2 aromatic rings. The minimum atomic E-state index is -0.815. The first-order valence-electron chi connectivity index (χ1n) is 5.97. The maximum Gasteiger partial charge on any atom is 0.307 e. The molecule has 1 aliphatic carbocycles. The summed E-state index contributed by atoms with van der Waals surface area (Å²) in [6, 6.07) is 9.32. The summed E-state index contributed by atoms with van der Waals surface area (Å²) in [6.07, 6.45) is 0.566. The molecule has 0 spiro atoms. The van der Waals surface area contributed by atoms with Crippen LogP contribution >= 0.6 is 0 Å². The largest absolute Gasteiger partial charge is 0.485 e. The first-order chi connectivity index (χ1) is 9.24. The zero-order valence-electron chi connectivity index (χ0n) is 10.0. The van der Waals surface area contributed by atoms with Crippen LogP contribution in [0.25, 0.3) is 0 Å². The number of carbonyl (C=O) groups is 1. The first kappa shape index (κ1) is 11.7. The molecular weight excluding hydrogens is 248 g/mol. The fourth-order valence-electron chi connectivity index (χ4n) is 1.88. The fraction of sp³-hybridized carbons (Fsp3) is 0.308. The van der Waals surface area contributed by atoms with Crippen LogP contribution < -0.4 is 4.74 Å². The molecule has 1 fully saturated rings. The average molecular weight is 260 g/mol.